The Labute approximate surface area is 210 Å². The average molecular weight is 500 g/mol. The predicted molar refractivity (Wildman–Crippen MR) is 129 cm³/mol. The van der Waals surface area contributed by atoms with E-state index in [1.54, 1.807) is 18.2 Å². The van der Waals surface area contributed by atoms with Crippen molar-refractivity contribution in [3.8, 4) is 0 Å². The minimum Gasteiger partial charge on any atom is -0.506 e. The van der Waals surface area contributed by atoms with Gasteiger partial charge in [0, 0.05) is 5.56 Å². The average Bonchev–Trinajstić information content (AvgIpc) is 2.92. The van der Waals surface area contributed by atoms with Crippen molar-refractivity contribution in [3.63, 3.8) is 0 Å². The van der Waals surface area contributed by atoms with Crippen LogP contribution in [0.1, 0.15) is 31.1 Å². The number of carboxylic acid groups (broad SMARTS) is 1. The molecule has 0 bridgehead atoms. The van der Waals surface area contributed by atoms with Crippen LogP contribution in [0.3, 0.4) is 0 Å². The molecule has 0 fully saturated rings. The van der Waals surface area contributed by atoms with Gasteiger partial charge in [0.2, 0.25) is 6.10 Å². The van der Waals surface area contributed by atoms with Gasteiger partial charge in [-0.1, -0.05) is 66.7 Å². The summed E-state index contributed by atoms with van der Waals surface area (Å²) in [7, 11) is 0. The SMILES string of the molecule is O=C(O)C1=C(C(=O)c2ccccc2)C(OC(=O)c2ccccc2)C(O)(OC(=O)c2ccccc2)C(O)=C1. The van der Waals surface area contributed by atoms with E-state index in [0.29, 0.717) is 6.08 Å². The minimum atomic E-state index is -3.13. The van der Waals surface area contributed by atoms with Crippen LogP contribution in [-0.4, -0.2) is 50.9 Å². The number of Topliss-reactive ketones (excluding diaryl/α,β-unsaturated/α-hetero) is 1. The number of ketones is 1. The quantitative estimate of drug-likeness (QED) is 0.252. The number of carbonyl (C=O) groups excluding carboxylic acids is 3. The van der Waals surface area contributed by atoms with Crippen molar-refractivity contribution in [2.75, 3.05) is 0 Å². The Morgan fingerprint density at radius 2 is 1.16 bits per heavy atom. The van der Waals surface area contributed by atoms with E-state index >= 15 is 0 Å². The molecule has 186 valence electrons. The number of benzene rings is 3. The summed E-state index contributed by atoms with van der Waals surface area (Å²) in [5, 5.41) is 32.0. The fourth-order valence-electron chi connectivity index (χ4n) is 3.72. The van der Waals surface area contributed by atoms with Crippen LogP contribution in [0.4, 0.5) is 0 Å². The third-order valence-electron chi connectivity index (χ3n) is 5.56. The van der Waals surface area contributed by atoms with E-state index < -0.39 is 52.5 Å². The zero-order chi connectivity index (χ0) is 26.6. The first-order chi connectivity index (χ1) is 17.7. The summed E-state index contributed by atoms with van der Waals surface area (Å²) in [5.74, 6) is -9.06. The lowest BCUT2D eigenvalue weighted by atomic mass is 9.84. The number of aliphatic hydroxyl groups excluding tert-OH is 1. The highest BCUT2D eigenvalue weighted by Crippen LogP contribution is 2.38. The monoisotopic (exact) mass is 500 g/mol. The maximum absolute atomic E-state index is 13.5. The third kappa shape index (κ3) is 5.02. The molecule has 0 saturated carbocycles. The molecular formula is C28H20O9. The molecule has 0 aliphatic heterocycles. The molecule has 0 radical (unpaired) electrons. The van der Waals surface area contributed by atoms with Gasteiger partial charge in [-0.25, -0.2) is 14.4 Å². The van der Waals surface area contributed by atoms with Crippen LogP contribution in [0.25, 0.3) is 0 Å². The van der Waals surface area contributed by atoms with Crippen molar-refractivity contribution < 1.29 is 44.0 Å². The first-order valence-corrected chi connectivity index (χ1v) is 11.0. The first kappa shape index (κ1) is 25.1. The summed E-state index contributed by atoms with van der Waals surface area (Å²) in [6.07, 6.45) is -1.65. The number of carboxylic acids is 1. The van der Waals surface area contributed by atoms with E-state index in [-0.39, 0.29) is 16.7 Å². The summed E-state index contributed by atoms with van der Waals surface area (Å²) >= 11 is 0. The standard InChI is InChI=1S/C28H20O9/c29-21-16-20(25(31)32)22(23(30)17-10-4-1-5-11-17)24(36-26(33)18-12-6-2-7-13-18)28(21,35)37-27(34)19-14-8-3-9-15-19/h1-16,24,29,35H,(H,31,32). The highest BCUT2D eigenvalue weighted by molar-refractivity contribution is 6.15. The molecule has 0 spiro atoms. The molecule has 0 amide bonds. The molecule has 3 N–H and O–H groups in total. The predicted octanol–water partition coefficient (Wildman–Crippen LogP) is 3.48. The van der Waals surface area contributed by atoms with Gasteiger partial charge in [-0.15, -0.1) is 0 Å². The Morgan fingerprint density at radius 1 is 0.703 bits per heavy atom. The number of rotatable bonds is 7. The Bertz CT molecular complexity index is 1410. The van der Waals surface area contributed by atoms with Crippen LogP contribution in [0.5, 0.6) is 0 Å². The lowest BCUT2D eigenvalue weighted by molar-refractivity contribution is -0.206. The maximum atomic E-state index is 13.5. The number of esters is 2. The zero-order valence-corrected chi connectivity index (χ0v) is 19.1. The van der Waals surface area contributed by atoms with Gasteiger partial charge in [0.05, 0.1) is 22.3 Å². The Morgan fingerprint density at radius 3 is 1.65 bits per heavy atom. The topological polar surface area (TPSA) is 147 Å². The number of aliphatic carboxylic acids is 1. The second kappa shape index (κ2) is 10.3. The Hall–Kier alpha value is -5.02. The largest absolute Gasteiger partial charge is 0.506 e. The fourth-order valence-corrected chi connectivity index (χ4v) is 3.72. The molecule has 0 aromatic heterocycles. The van der Waals surface area contributed by atoms with Gasteiger partial charge < -0.3 is 24.8 Å². The normalized spacial score (nSPS) is 18.9. The number of ether oxygens (including phenoxy) is 2. The highest BCUT2D eigenvalue weighted by Gasteiger charge is 2.55. The number of aliphatic hydroxyl groups is 2. The summed E-state index contributed by atoms with van der Waals surface area (Å²) in [4.78, 5) is 51.5. The van der Waals surface area contributed by atoms with Gasteiger partial charge in [0.25, 0.3) is 0 Å². The highest BCUT2D eigenvalue weighted by atomic mass is 16.7. The van der Waals surface area contributed by atoms with E-state index in [2.05, 4.69) is 0 Å². The van der Waals surface area contributed by atoms with Crippen LogP contribution in [-0.2, 0) is 14.3 Å². The second-order valence-corrected chi connectivity index (χ2v) is 7.96. The lowest BCUT2D eigenvalue weighted by Gasteiger charge is -2.37. The molecular weight excluding hydrogens is 480 g/mol. The first-order valence-electron chi connectivity index (χ1n) is 11.0. The van der Waals surface area contributed by atoms with Crippen LogP contribution in [0.15, 0.2) is 114 Å². The fraction of sp³-hybridized carbons (Fsp3) is 0.0714. The van der Waals surface area contributed by atoms with Gasteiger partial charge >= 0.3 is 23.7 Å². The van der Waals surface area contributed by atoms with E-state index in [0.717, 1.165) is 0 Å². The number of hydrogen-bond donors (Lipinski definition) is 3. The summed E-state index contributed by atoms with van der Waals surface area (Å²) in [5.41, 5.74) is -1.48. The van der Waals surface area contributed by atoms with Crippen LogP contribution in [0, 0.1) is 0 Å². The molecule has 1 aliphatic rings. The zero-order valence-electron chi connectivity index (χ0n) is 19.1. The molecule has 4 rings (SSSR count). The van der Waals surface area contributed by atoms with Crippen molar-refractivity contribution in [1.82, 2.24) is 0 Å². The van der Waals surface area contributed by atoms with Crippen molar-refractivity contribution in [2.24, 2.45) is 0 Å². The molecule has 2 atom stereocenters. The van der Waals surface area contributed by atoms with Crippen LogP contribution >= 0.6 is 0 Å². The Balaban J connectivity index is 1.86. The molecule has 2 unspecified atom stereocenters. The van der Waals surface area contributed by atoms with Crippen LogP contribution in [0.2, 0.25) is 0 Å². The second-order valence-electron chi connectivity index (χ2n) is 7.96. The summed E-state index contributed by atoms with van der Waals surface area (Å²) in [6.45, 7) is 0. The lowest BCUT2D eigenvalue weighted by Crippen LogP contribution is -2.54. The number of hydrogen-bond acceptors (Lipinski definition) is 8. The smallest absolute Gasteiger partial charge is 0.341 e. The van der Waals surface area contributed by atoms with Gasteiger partial charge in [0.15, 0.2) is 11.5 Å². The van der Waals surface area contributed by atoms with E-state index in [4.69, 9.17) is 9.47 Å². The van der Waals surface area contributed by atoms with E-state index in [9.17, 15) is 34.5 Å². The molecule has 0 heterocycles. The minimum absolute atomic E-state index is 0.00309. The van der Waals surface area contributed by atoms with Crippen molar-refractivity contribution in [2.45, 2.75) is 11.9 Å². The maximum Gasteiger partial charge on any atom is 0.341 e. The van der Waals surface area contributed by atoms with Crippen LogP contribution < -0.4 is 0 Å². The number of carbonyl (C=O) groups is 4. The molecule has 9 heteroatoms. The summed E-state index contributed by atoms with van der Waals surface area (Å²) in [6, 6.07) is 22.3. The molecule has 3 aromatic rings. The molecule has 1 aliphatic carbocycles. The van der Waals surface area contributed by atoms with Crippen molar-refractivity contribution >= 4 is 23.7 Å². The van der Waals surface area contributed by atoms with E-state index in [1.807, 2.05) is 0 Å². The van der Waals surface area contributed by atoms with Gasteiger partial charge in [-0.2, -0.15) is 0 Å². The van der Waals surface area contributed by atoms with Gasteiger partial charge in [0.1, 0.15) is 0 Å². The van der Waals surface area contributed by atoms with E-state index in [1.165, 1.54) is 72.8 Å². The molecule has 0 saturated heterocycles. The van der Waals surface area contributed by atoms with Crippen molar-refractivity contribution in [1.29, 1.82) is 0 Å². The third-order valence-corrected chi connectivity index (χ3v) is 5.56. The molecule has 9 nitrogen and oxygen atoms in total. The van der Waals surface area contributed by atoms with Crippen molar-refractivity contribution in [3.05, 3.63) is 131 Å². The van der Waals surface area contributed by atoms with Gasteiger partial charge in [-0.3, -0.25) is 4.79 Å². The Kier molecular flexibility index (Phi) is 6.99. The molecule has 3 aromatic carbocycles. The van der Waals surface area contributed by atoms with Gasteiger partial charge in [-0.05, 0) is 30.3 Å². The summed E-state index contributed by atoms with van der Waals surface area (Å²) < 4.78 is 10.6. The molecule has 37 heavy (non-hydrogen) atoms.